The second kappa shape index (κ2) is 8.26. The molecule has 1 N–H and O–H groups in total. The fourth-order valence-corrected chi connectivity index (χ4v) is 3.69. The zero-order chi connectivity index (χ0) is 17.7. The van der Waals surface area contributed by atoms with E-state index in [0.29, 0.717) is 36.3 Å². The Balaban J connectivity index is 1.87. The molecule has 0 aliphatic heterocycles. The third-order valence-corrected chi connectivity index (χ3v) is 5.01. The highest BCUT2D eigenvalue weighted by Crippen LogP contribution is 2.30. The van der Waals surface area contributed by atoms with Gasteiger partial charge in [-0.15, -0.1) is 0 Å². The smallest absolute Gasteiger partial charge is 0.312 e. The summed E-state index contributed by atoms with van der Waals surface area (Å²) in [6.45, 7) is 5.86. The van der Waals surface area contributed by atoms with E-state index in [4.69, 9.17) is 0 Å². The molecule has 1 fully saturated rings. The topological polar surface area (TPSA) is 90.1 Å². The van der Waals surface area contributed by atoms with E-state index in [9.17, 15) is 14.9 Å². The molecule has 2 rings (SSSR count). The fourth-order valence-electron chi connectivity index (χ4n) is 3.69. The molecule has 0 spiro atoms. The fraction of sp³-hybridized carbons (Fsp3) is 0.765. The number of rotatable bonds is 8. The Morgan fingerprint density at radius 1 is 1.42 bits per heavy atom. The van der Waals surface area contributed by atoms with Crippen LogP contribution in [-0.2, 0) is 11.3 Å². The highest BCUT2D eigenvalue weighted by atomic mass is 16.6. The molecule has 1 amide bonds. The van der Waals surface area contributed by atoms with Crippen molar-refractivity contribution < 1.29 is 9.72 Å². The molecule has 0 radical (unpaired) electrons. The zero-order valence-electron chi connectivity index (χ0n) is 14.9. The lowest BCUT2D eigenvalue weighted by atomic mass is 9.97. The van der Waals surface area contributed by atoms with Crippen molar-refractivity contribution in [2.24, 2.45) is 5.92 Å². The van der Waals surface area contributed by atoms with Gasteiger partial charge in [-0.25, -0.2) is 0 Å². The summed E-state index contributed by atoms with van der Waals surface area (Å²) in [7, 11) is 0. The number of unbranched alkanes of at least 4 members (excludes halogenated alkanes) is 1. The molecule has 7 heteroatoms. The minimum Gasteiger partial charge on any atom is -0.353 e. The van der Waals surface area contributed by atoms with Gasteiger partial charge in [0.05, 0.1) is 11.5 Å². The molecule has 2 atom stereocenters. The third kappa shape index (κ3) is 4.33. The van der Waals surface area contributed by atoms with E-state index >= 15 is 0 Å². The SMILES string of the molecule is CCCCC1CCCC1NC(=O)CCn1nc(C)c([N+](=O)[O-])c1C. The monoisotopic (exact) mass is 336 g/mol. The first-order valence-electron chi connectivity index (χ1n) is 8.91. The zero-order valence-corrected chi connectivity index (χ0v) is 14.9. The summed E-state index contributed by atoms with van der Waals surface area (Å²) in [6.07, 6.45) is 7.34. The predicted octanol–water partition coefficient (Wildman–Crippen LogP) is 3.27. The van der Waals surface area contributed by atoms with E-state index in [-0.39, 0.29) is 11.6 Å². The predicted molar refractivity (Wildman–Crippen MR) is 91.8 cm³/mol. The molecule has 24 heavy (non-hydrogen) atoms. The van der Waals surface area contributed by atoms with Crippen LogP contribution in [0.1, 0.15) is 63.3 Å². The van der Waals surface area contributed by atoms with Crippen LogP contribution < -0.4 is 5.32 Å². The number of amides is 1. The van der Waals surface area contributed by atoms with Crippen LogP contribution in [0.15, 0.2) is 0 Å². The van der Waals surface area contributed by atoms with E-state index in [1.807, 2.05) is 0 Å². The molecule has 1 aromatic heterocycles. The van der Waals surface area contributed by atoms with Gasteiger partial charge in [0.15, 0.2) is 0 Å². The number of hydrogen-bond acceptors (Lipinski definition) is 4. The van der Waals surface area contributed by atoms with Crippen molar-refractivity contribution in [1.29, 1.82) is 0 Å². The second-order valence-corrected chi connectivity index (χ2v) is 6.76. The normalized spacial score (nSPS) is 20.3. The van der Waals surface area contributed by atoms with Crippen molar-refractivity contribution in [1.82, 2.24) is 15.1 Å². The second-order valence-electron chi connectivity index (χ2n) is 6.76. The Hall–Kier alpha value is -1.92. The number of nitro groups is 1. The van der Waals surface area contributed by atoms with Gasteiger partial charge < -0.3 is 5.32 Å². The first kappa shape index (κ1) is 18.4. The molecule has 2 unspecified atom stereocenters. The molecular formula is C17H28N4O3. The number of aryl methyl sites for hydroxylation is 2. The lowest BCUT2D eigenvalue weighted by Crippen LogP contribution is -2.37. The highest BCUT2D eigenvalue weighted by molar-refractivity contribution is 5.76. The van der Waals surface area contributed by atoms with Crippen LogP contribution in [0.4, 0.5) is 5.69 Å². The maximum absolute atomic E-state index is 12.2. The largest absolute Gasteiger partial charge is 0.353 e. The molecule has 1 heterocycles. The first-order chi connectivity index (χ1) is 11.4. The summed E-state index contributed by atoms with van der Waals surface area (Å²) < 4.78 is 1.57. The standard InChI is InChI=1S/C17H28N4O3/c1-4-5-7-14-8-6-9-15(14)18-16(22)10-11-20-13(3)17(21(23)24)12(2)19-20/h14-15H,4-11H2,1-3H3,(H,18,22). The number of nitrogens with one attached hydrogen (secondary N) is 1. The average Bonchev–Trinajstić information content (AvgIpc) is 3.07. The maximum Gasteiger partial charge on any atom is 0.312 e. The summed E-state index contributed by atoms with van der Waals surface area (Å²) in [4.78, 5) is 22.9. The lowest BCUT2D eigenvalue weighted by molar-refractivity contribution is -0.386. The lowest BCUT2D eigenvalue weighted by Gasteiger charge is -2.21. The number of aromatic nitrogens is 2. The van der Waals surface area contributed by atoms with Crippen molar-refractivity contribution in [2.45, 2.75) is 78.3 Å². The molecule has 1 aliphatic carbocycles. The molecule has 0 saturated heterocycles. The van der Waals surface area contributed by atoms with Crippen LogP contribution in [0.3, 0.4) is 0 Å². The van der Waals surface area contributed by atoms with Crippen LogP contribution in [0.2, 0.25) is 0 Å². The van der Waals surface area contributed by atoms with Gasteiger partial charge in [0.25, 0.3) is 0 Å². The summed E-state index contributed by atoms with van der Waals surface area (Å²) in [5.74, 6) is 0.613. The highest BCUT2D eigenvalue weighted by Gasteiger charge is 2.28. The van der Waals surface area contributed by atoms with Gasteiger partial charge in [-0.3, -0.25) is 19.6 Å². The molecule has 134 valence electrons. The molecule has 1 aliphatic rings. The summed E-state index contributed by atoms with van der Waals surface area (Å²) >= 11 is 0. The van der Waals surface area contributed by atoms with Crippen molar-refractivity contribution in [3.8, 4) is 0 Å². The van der Waals surface area contributed by atoms with Gasteiger partial charge in [-0.1, -0.05) is 26.2 Å². The Morgan fingerprint density at radius 2 is 2.17 bits per heavy atom. The van der Waals surface area contributed by atoms with E-state index in [0.717, 1.165) is 6.42 Å². The van der Waals surface area contributed by atoms with Crippen molar-refractivity contribution in [3.05, 3.63) is 21.5 Å². The van der Waals surface area contributed by atoms with Crippen molar-refractivity contribution >= 4 is 11.6 Å². The Kier molecular flexibility index (Phi) is 6.34. The summed E-state index contributed by atoms with van der Waals surface area (Å²) in [6, 6.07) is 0.291. The summed E-state index contributed by atoms with van der Waals surface area (Å²) in [5, 5.41) is 18.4. The van der Waals surface area contributed by atoms with Crippen LogP contribution in [0.5, 0.6) is 0 Å². The van der Waals surface area contributed by atoms with Crippen LogP contribution in [0.25, 0.3) is 0 Å². The number of nitrogens with zero attached hydrogens (tertiary/aromatic N) is 3. The Morgan fingerprint density at radius 3 is 2.79 bits per heavy atom. The molecule has 7 nitrogen and oxygen atoms in total. The molecule has 1 saturated carbocycles. The van der Waals surface area contributed by atoms with E-state index in [1.165, 1.54) is 32.1 Å². The van der Waals surface area contributed by atoms with Gasteiger partial charge in [-0.05, 0) is 39.0 Å². The third-order valence-electron chi connectivity index (χ3n) is 5.01. The van der Waals surface area contributed by atoms with Gasteiger partial charge in [0, 0.05) is 12.5 Å². The van der Waals surface area contributed by atoms with E-state index in [2.05, 4.69) is 17.3 Å². The minimum absolute atomic E-state index is 0.0126. The van der Waals surface area contributed by atoms with Crippen LogP contribution >= 0.6 is 0 Å². The van der Waals surface area contributed by atoms with Gasteiger partial charge >= 0.3 is 5.69 Å². The Bertz CT molecular complexity index is 597. The first-order valence-corrected chi connectivity index (χ1v) is 8.91. The van der Waals surface area contributed by atoms with E-state index < -0.39 is 4.92 Å². The number of carbonyl (C=O) groups excluding carboxylic acids is 1. The molecule has 0 bridgehead atoms. The van der Waals surface area contributed by atoms with Gasteiger partial charge in [-0.2, -0.15) is 5.10 Å². The molecule has 1 aromatic rings. The molecule has 0 aromatic carbocycles. The van der Waals surface area contributed by atoms with Crippen molar-refractivity contribution in [3.63, 3.8) is 0 Å². The maximum atomic E-state index is 12.2. The number of carbonyl (C=O) groups is 1. The van der Waals surface area contributed by atoms with Gasteiger partial charge in [0.1, 0.15) is 11.4 Å². The van der Waals surface area contributed by atoms with Crippen molar-refractivity contribution in [2.75, 3.05) is 0 Å². The number of hydrogen-bond donors (Lipinski definition) is 1. The quantitative estimate of drug-likeness (QED) is 0.582. The Labute approximate surface area is 143 Å². The van der Waals surface area contributed by atoms with Crippen LogP contribution in [0, 0.1) is 29.9 Å². The minimum atomic E-state index is -0.412. The average molecular weight is 336 g/mol. The van der Waals surface area contributed by atoms with Crippen LogP contribution in [-0.4, -0.2) is 26.7 Å². The van der Waals surface area contributed by atoms with Gasteiger partial charge in [0.2, 0.25) is 5.91 Å². The van der Waals surface area contributed by atoms with E-state index in [1.54, 1.807) is 18.5 Å². The summed E-state index contributed by atoms with van der Waals surface area (Å²) in [5.41, 5.74) is 0.950. The molecular weight excluding hydrogens is 308 g/mol.